The molecule has 2 rings (SSSR count). The highest BCUT2D eigenvalue weighted by Crippen LogP contribution is 2.48. The molecular formula is C17H24N2O2. The van der Waals surface area contributed by atoms with Gasteiger partial charge in [0.1, 0.15) is 0 Å². The summed E-state index contributed by atoms with van der Waals surface area (Å²) in [6.45, 7) is 7.15. The lowest BCUT2D eigenvalue weighted by molar-refractivity contribution is 0.183. The van der Waals surface area contributed by atoms with E-state index in [2.05, 4.69) is 37.0 Å². The van der Waals surface area contributed by atoms with E-state index in [4.69, 9.17) is 5.11 Å². The molecule has 114 valence electrons. The van der Waals surface area contributed by atoms with E-state index < -0.39 is 0 Å². The van der Waals surface area contributed by atoms with Gasteiger partial charge in [0.2, 0.25) is 0 Å². The van der Waals surface area contributed by atoms with Gasteiger partial charge in [0.15, 0.2) is 0 Å². The van der Waals surface area contributed by atoms with E-state index in [1.165, 1.54) is 11.1 Å². The fourth-order valence-corrected chi connectivity index (χ4v) is 2.77. The highest BCUT2D eigenvalue weighted by atomic mass is 16.3. The first-order valence-corrected chi connectivity index (χ1v) is 7.43. The van der Waals surface area contributed by atoms with Crippen molar-refractivity contribution in [3.8, 4) is 0 Å². The number of nitrogens with one attached hydrogen (secondary N) is 1. The summed E-state index contributed by atoms with van der Waals surface area (Å²) in [5.74, 6) is 0. The van der Waals surface area contributed by atoms with Gasteiger partial charge in [-0.2, -0.15) is 0 Å². The second-order valence-electron chi connectivity index (χ2n) is 5.71. The summed E-state index contributed by atoms with van der Waals surface area (Å²) in [6, 6.07) is 8.24. The van der Waals surface area contributed by atoms with Crippen molar-refractivity contribution in [2.24, 2.45) is 0 Å². The summed E-state index contributed by atoms with van der Waals surface area (Å²) in [4.78, 5) is 13.7. The van der Waals surface area contributed by atoms with E-state index in [1.807, 2.05) is 6.07 Å². The van der Waals surface area contributed by atoms with E-state index in [-0.39, 0.29) is 18.1 Å². The molecule has 1 aliphatic rings. The SMILES string of the molecule is C=CCN(CCO)C(=O)NCC1(c2ccccc2C)CC1. The van der Waals surface area contributed by atoms with E-state index in [9.17, 15) is 4.79 Å². The average molecular weight is 288 g/mol. The third-order valence-corrected chi connectivity index (χ3v) is 4.15. The summed E-state index contributed by atoms with van der Waals surface area (Å²) >= 11 is 0. The molecule has 0 heterocycles. The van der Waals surface area contributed by atoms with Crippen LogP contribution in [-0.4, -0.2) is 42.3 Å². The minimum absolute atomic E-state index is 0.0375. The van der Waals surface area contributed by atoms with Crippen LogP contribution < -0.4 is 5.32 Å². The Morgan fingerprint density at radius 2 is 2.19 bits per heavy atom. The monoisotopic (exact) mass is 288 g/mol. The molecule has 1 saturated carbocycles. The summed E-state index contributed by atoms with van der Waals surface area (Å²) in [5, 5.41) is 12.0. The second kappa shape index (κ2) is 6.76. The van der Waals surface area contributed by atoms with Crippen LogP contribution in [0.4, 0.5) is 4.79 Å². The fourth-order valence-electron chi connectivity index (χ4n) is 2.77. The van der Waals surface area contributed by atoms with Crippen LogP contribution in [0.1, 0.15) is 24.0 Å². The van der Waals surface area contributed by atoms with Crippen LogP contribution in [0.25, 0.3) is 0 Å². The molecule has 2 N–H and O–H groups in total. The predicted molar refractivity (Wildman–Crippen MR) is 84.3 cm³/mol. The molecule has 21 heavy (non-hydrogen) atoms. The largest absolute Gasteiger partial charge is 0.395 e. The molecule has 0 bridgehead atoms. The van der Waals surface area contributed by atoms with Crippen molar-refractivity contribution in [1.29, 1.82) is 0 Å². The molecule has 1 aromatic carbocycles. The van der Waals surface area contributed by atoms with Crippen LogP contribution in [0, 0.1) is 6.92 Å². The van der Waals surface area contributed by atoms with Gasteiger partial charge in [-0.15, -0.1) is 6.58 Å². The number of aryl methyl sites for hydroxylation is 1. The Labute approximate surface area is 126 Å². The molecule has 0 unspecified atom stereocenters. The van der Waals surface area contributed by atoms with Gasteiger partial charge >= 0.3 is 6.03 Å². The molecule has 0 spiro atoms. The number of carbonyl (C=O) groups is 1. The number of urea groups is 1. The number of rotatable bonds is 7. The van der Waals surface area contributed by atoms with Crippen molar-refractivity contribution in [3.05, 3.63) is 48.0 Å². The maximum Gasteiger partial charge on any atom is 0.317 e. The van der Waals surface area contributed by atoms with E-state index >= 15 is 0 Å². The van der Waals surface area contributed by atoms with Gasteiger partial charge in [-0.1, -0.05) is 30.3 Å². The molecule has 4 heteroatoms. The maximum absolute atomic E-state index is 12.2. The standard InChI is InChI=1S/C17H24N2O2/c1-3-10-19(11-12-20)16(21)18-13-17(8-9-17)15-7-5-4-6-14(15)2/h3-7,20H,1,8-13H2,2H3,(H,18,21). The first-order chi connectivity index (χ1) is 10.1. The lowest BCUT2D eigenvalue weighted by Gasteiger charge is -2.24. The predicted octanol–water partition coefficient (Wildman–Crippen LogP) is 2.22. The lowest BCUT2D eigenvalue weighted by Crippen LogP contribution is -2.44. The summed E-state index contributed by atoms with van der Waals surface area (Å²) < 4.78 is 0. The lowest BCUT2D eigenvalue weighted by atomic mass is 9.92. The van der Waals surface area contributed by atoms with Crippen LogP contribution in [0.3, 0.4) is 0 Å². The first-order valence-electron chi connectivity index (χ1n) is 7.43. The van der Waals surface area contributed by atoms with Crippen molar-refractivity contribution >= 4 is 6.03 Å². The molecule has 0 aromatic heterocycles. The zero-order valence-electron chi connectivity index (χ0n) is 12.6. The molecule has 4 nitrogen and oxygen atoms in total. The maximum atomic E-state index is 12.2. The van der Waals surface area contributed by atoms with Crippen molar-refractivity contribution in [3.63, 3.8) is 0 Å². The number of nitrogens with zero attached hydrogens (tertiary/aromatic N) is 1. The third-order valence-electron chi connectivity index (χ3n) is 4.15. The van der Waals surface area contributed by atoms with Crippen molar-refractivity contribution in [2.45, 2.75) is 25.2 Å². The summed E-state index contributed by atoms with van der Waals surface area (Å²) in [6.07, 6.45) is 3.89. The Kier molecular flexibility index (Phi) is 5.02. The number of aliphatic hydroxyl groups excluding tert-OH is 1. The zero-order valence-corrected chi connectivity index (χ0v) is 12.6. The van der Waals surface area contributed by atoms with Crippen molar-refractivity contribution in [2.75, 3.05) is 26.2 Å². The molecule has 1 fully saturated rings. The van der Waals surface area contributed by atoms with Gasteiger partial charge in [-0.25, -0.2) is 4.79 Å². The smallest absolute Gasteiger partial charge is 0.317 e. The molecule has 1 aromatic rings. The van der Waals surface area contributed by atoms with Crippen LogP contribution in [0.15, 0.2) is 36.9 Å². The van der Waals surface area contributed by atoms with E-state index in [0.29, 0.717) is 19.6 Å². The zero-order chi connectivity index (χ0) is 15.3. The number of hydrogen-bond donors (Lipinski definition) is 2. The average Bonchev–Trinajstić information content (AvgIpc) is 3.26. The molecule has 0 saturated heterocycles. The van der Waals surface area contributed by atoms with Crippen LogP contribution in [0.2, 0.25) is 0 Å². The van der Waals surface area contributed by atoms with E-state index in [0.717, 1.165) is 12.8 Å². The Morgan fingerprint density at radius 3 is 2.76 bits per heavy atom. The van der Waals surface area contributed by atoms with Gasteiger partial charge in [0, 0.05) is 25.0 Å². The highest BCUT2D eigenvalue weighted by Gasteiger charge is 2.45. The second-order valence-corrected chi connectivity index (χ2v) is 5.71. The van der Waals surface area contributed by atoms with Crippen LogP contribution in [0.5, 0.6) is 0 Å². The van der Waals surface area contributed by atoms with Gasteiger partial charge in [-0.3, -0.25) is 0 Å². The molecule has 0 radical (unpaired) electrons. The highest BCUT2D eigenvalue weighted by molar-refractivity contribution is 5.74. The van der Waals surface area contributed by atoms with Gasteiger partial charge < -0.3 is 15.3 Å². The minimum Gasteiger partial charge on any atom is -0.395 e. The van der Waals surface area contributed by atoms with Crippen molar-refractivity contribution in [1.82, 2.24) is 10.2 Å². The molecule has 1 aliphatic carbocycles. The Morgan fingerprint density at radius 1 is 1.48 bits per heavy atom. The molecule has 0 aliphatic heterocycles. The number of carbonyl (C=O) groups excluding carboxylic acids is 1. The molecular weight excluding hydrogens is 264 g/mol. The quantitative estimate of drug-likeness (QED) is 0.756. The van der Waals surface area contributed by atoms with Gasteiger partial charge in [-0.05, 0) is 30.9 Å². The Balaban J connectivity index is 1.97. The molecule has 0 atom stereocenters. The Hall–Kier alpha value is -1.81. The summed E-state index contributed by atoms with van der Waals surface area (Å²) in [5.41, 5.74) is 2.71. The fraction of sp³-hybridized carbons (Fsp3) is 0.471. The van der Waals surface area contributed by atoms with Gasteiger partial charge in [0.05, 0.1) is 6.61 Å². The third kappa shape index (κ3) is 3.64. The normalized spacial score (nSPS) is 15.3. The van der Waals surface area contributed by atoms with Crippen LogP contribution >= 0.6 is 0 Å². The topological polar surface area (TPSA) is 52.6 Å². The summed E-state index contributed by atoms with van der Waals surface area (Å²) in [7, 11) is 0. The number of amides is 2. The Bertz CT molecular complexity index is 509. The van der Waals surface area contributed by atoms with Gasteiger partial charge in [0.25, 0.3) is 0 Å². The number of aliphatic hydroxyl groups is 1. The number of hydrogen-bond acceptors (Lipinski definition) is 2. The number of benzene rings is 1. The first kappa shape index (κ1) is 15.6. The van der Waals surface area contributed by atoms with E-state index in [1.54, 1.807) is 11.0 Å². The van der Waals surface area contributed by atoms with Crippen LogP contribution in [-0.2, 0) is 5.41 Å². The van der Waals surface area contributed by atoms with Crippen molar-refractivity contribution < 1.29 is 9.90 Å². The molecule has 2 amide bonds. The minimum atomic E-state index is -0.135.